The van der Waals surface area contributed by atoms with Crippen molar-refractivity contribution in [3.05, 3.63) is 24.0 Å². The van der Waals surface area contributed by atoms with E-state index in [4.69, 9.17) is 4.74 Å². The summed E-state index contributed by atoms with van der Waals surface area (Å²) in [4.78, 5) is 17.9. The Morgan fingerprint density at radius 2 is 2.35 bits per heavy atom. The van der Waals surface area contributed by atoms with Crippen LogP contribution in [-0.2, 0) is 4.79 Å². The van der Waals surface area contributed by atoms with Gasteiger partial charge in [-0.1, -0.05) is 0 Å². The molecule has 1 aliphatic rings. The first-order chi connectivity index (χ1) is 8.22. The van der Waals surface area contributed by atoms with E-state index in [1.165, 1.54) is 0 Å². The molecule has 4 nitrogen and oxygen atoms in total. The summed E-state index contributed by atoms with van der Waals surface area (Å²) < 4.78 is 5.51. The average molecular weight is 234 g/mol. The van der Waals surface area contributed by atoms with Gasteiger partial charge in [0.05, 0.1) is 5.69 Å². The second-order valence-electron chi connectivity index (χ2n) is 4.29. The van der Waals surface area contributed by atoms with E-state index < -0.39 is 0 Å². The van der Waals surface area contributed by atoms with Crippen molar-refractivity contribution < 1.29 is 9.53 Å². The first-order valence-corrected chi connectivity index (χ1v) is 6.06. The van der Waals surface area contributed by atoms with E-state index in [9.17, 15) is 4.79 Å². The maximum Gasteiger partial charge on any atom is 0.260 e. The quantitative estimate of drug-likeness (QED) is 0.780. The molecule has 0 spiro atoms. The molecule has 4 heteroatoms. The maximum absolute atomic E-state index is 11.9. The smallest absolute Gasteiger partial charge is 0.260 e. The molecule has 0 N–H and O–H groups in total. The molecule has 0 atom stereocenters. The highest BCUT2D eigenvalue weighted by molar-refractivity contribution is 5.78. The van der Waals surface area contributed by atoms with Gasteiger partial charge >= 0.3 is 0 Å². The van der Waals surface area contributed by atoms with Gasteiger partial charge in [0, 0.05) is 18.8 Å². The van der Waals surface area contributed by atoms with Crippen molar-refractivity contribution in [1.29, 1.82) is 0 Å². The minimum atomic E-state index is 0.0678. The third-order valence-corrected chi connectivity index (χ3v) is 2.96. The van der Waals surface area contributed by atoms with Crippen LogP contribution in [0.2, 0.25) is 0 Å². The van der Waals surface area contributed by atoms with Crippen molar-refractivity contribution in [3.63, 3.8) is 0 Å². The van der Waals surface area contributed by atoms with Crippen LogP contribution in [0.5, 0.6) is 5.75 Å². The van der Waals surface area contributed by atoms with E-state index in [2.05, 4.69) is 4.98 Å². The first-order valence-electron chi connectivity index (χ1n) is 6.06. The Morgan fingerprint density at radius 1 is 1.59 bits per heavy atom. The Hall–Kier alpha value is -1.58. The predicted octanol–water partition coefficient (Wildman–Crippen LogP) is 1.78. The fourth-order valence-electron chi connectivity index (χ4n) is 1.87. The van der Waals surface area contributed by atoms with Crippen LogP contribution in [0.3, 0.4) is 0 Å². The Balaban J connectivity index is 1.89. The van der Waals surface area contributed by atoms with Gasteiger partial charge < -0.3 is 9.64 Å². The normalized spacial score (nSPS) is 14.5. The summed E-state index contributed by atoms with van der Waals surface area (Å²) in [6.07, 6.45) is 3.98. The van der Waals surface area contributed by atoms with Gasteiger partial charge in [-0.25, -0.2) is 0 Å². The molecule has 1 aromatic rings. The van der Waals surface area contributed by atoms with E-state index in [0.29, 0.717) is 11.8 Å². The number of carbonyl (C=O) groups excluding carboxylic acids is 1. The zero-order valence-corrected chi connectivity index (χ0v) is 10.3. The number of nitrogens with zero attached hydrogens (tertiary/aromatic N) is 2. The summed E-state index contributed by atoms with van der Waals surface area (Å²) >= 11 is 0. The Labute approximate surface area is 102 Å². The molecule has 92 valence electrons. The summed E-state index contributed by atoms with van der Waals surface area (Å²) in [5.74, 6) is 0.756. The average Bonchev–Trinajstić information content (AvgIpc) is 3.13. The predicted molar refractivity (Wildman–Crippen MR) is 64.9 cm³/mol. The van der Waals surface area contributed by atoms with Crippen molar-refractivity contribution in [2.75, 3.05) is 13.2 Å². The molecular weight excluding hydrogens is 216 g/mol. The van der Waals surface area contributed by atoms with Crippen molar-refractivity contribution >= 4 is 5.91 Å². The summed E-state index contributed by atoms with van der Waals surface area (Å²) in [5.41, 5.74) is 0.815. The SMILES string of the molecule is CCN(C(=O)COc1cccnc1C)C1CC1. The number of rotatable bonds is 5. The second-order valence-corrected chi connectivity index (χ2v) is 4.29. The van der Waals surface area contributed by atoms with Crippen LogP contribution in [0.25, 0.3) is 0 Å². The van der Waals surface area contributed by atoms with E-state index >= 15 is 0 Å². The number of ether oxygens (including phenoxy) is 1. The number of hydrogen-bond donors (Lipinski definition) is 0. The minimum absolute atomic E-state index is 0.0678. The molecular formula is C13H18N2O2. The van der Waals surface area contributed by atoms with Gasteiger partial charge in [-0.15, -0.1) is 0 Å². The standard InChI is InChI=1S/C13H18N2O2/c1-3-15(11-6-7-11)13(16)9-17-12-5-4-8-14-10(12)2/h4-5,8,11H,3,6-7,9H2,1-2H3. The molecule has 0 radical (unpaired) electrons. The third kappa shape index (κ3) is 2.96. The van der Waals surface area contributed by atoms with Gasteiger partial charge in [-0.05, 0) is 38.8 Å². The lowest BCUT2D eigenvalue weighted by Crippen LogP contribution is -2.36. The van der Waals surface area contributed by atoms with Gasteiger partial charge in [0.2, 0.25) is 0 Å². The molecule has 1 aromatic heterocycles. The van der Waals surface area contributed by atoms with Gasteiger partial charge in [-0.2, -0.15) is 0 Å². The second kappa shape index (κ2) is 5.17. The monoisotopic (exact) mass is 234 g/mol. The summed E-state index contributed by atoms with van der Waals surface area (Å²) in [6, 6.07) is 4.10. The van der Waals surface area contributed by atoms with E-state index in [-0.39, 0.29) is 12.5 Å². The number of likely N-dealkylation sites (N-methyl/N-ethyl adjacent to an activating group) is 1. The molecule has 1 saturated carbocycles. The molecule has 0 saturated heterocycles. The molecule has 1 aliphatic carbocycles. The van der Waals surface area contributed by atoms with Crippen molar-refractivity contribution in [2.45, 2.75) is 32.7 Å². The fraction of sp³-hybridized carbons (Fsp3) is 0.538. The van der Waals surface area contributed by atoms with E-state index in [1.807, 2.05) is 30.9 Å². The van der Waals surface area contributed by atoms with E-state index in [1.54, 1.807) is 6.20 Å². The third-order valence-electron chi connectivity index (χ3n) is 2.96. The maximum atomic E-state index is 11.9. The van der Waals surface area contributed by atoms with Crippen molar-refractivity contribution in [3.8, 4) is 5.75 Å². The molecule has 2 rings (SSSR count). The number of carbonyl (C=O) groups is 1. The Kier molecular flexibility index (Phi) is 3.61. The minimum Gasteiger partial charge on any atom is -0.482 e. The fourth-order valence-corrected chi connectivity index (χ4v) is 1.87. The largest absolute Gasteiger partial charge is 0.482 e. The van der Waals surface area contributed by atoms with E-state index in [0.717, 1.165) is 25.1 Å². The van der Waals surface area contributed by atoms with Crippen LogP contribution >= 0.6 is 0 Å². The summed E-state index contributed by atoms with van der Waals surface area (Å²) in [5, 5.41) is 0. The number of amides is 1. The van der Waals surface area contributed by atoms with Crippen LogP contribution in [-0.4, -0.2) is 35.0 Å². The Bertz CT molecular complexity index is 402. The molecule has 1 amide bonds. The van der Waals surface area contributed by atoms with Crippen LogP contribution in [0.4, 0.5) is 0 Å². The zero-order chi connectivity index (χ0) is 12.3. The first kappa shape index (κ1) is 11.9. The van der Waals surface area contributed by atoms with Gasteiger partial charge in [0.25, 0.3) is 5.91 Å². The molecule has 17 heavy (non-hydrogen) atoms. The number of aryl methyl sites for hydroxylation is 1. The van der Waals surface area contributed by atoms with Gasteiger partial charge in [0.15, 0.2) is 6.61 Å². The van der Waals surface area contributed by atoms with Gasteiger partial charge in [-0.3, -0.25) is 9.78 Å². The highest BCUT2D eigenvalue weighted by atomic mass is 16.5. The molecule has 0 aliphatic heterocycles. The van der Waals surface area contributed by atoms with Crippen LogP contribution in [0.15, 0.2) is 18.3 Å². The highest BCUT2D eigenvalue weighted by Crippen LogP contribution is 2.26. The lowest BCUT2D eigenvalue weighted by atomic mass is 10.3. The van der Waals surface area contributed by atoms with Crippen LogP contribution in [0, 0.1) is 6.92 Å². The lowest BCUT2D eigenvalue weighted by Gasteiger charge is -2.20. The van der Waals surface area contributed by atoms with Gasteiger partial charge in [0.1, 0.15) is 5.75 Å². The molecule has 1 heterocycles. The lowest BCUT2D eigenvalue weighted by molar-refractivity contribution is -0.133. The molecule has 0 aromatic carbocycles. The van der Waals surface area contributed by atoms with Crippen molar-refractivity contribution in [2.24, 2.45) is 0 Å². The topological polar surface area (TPSA) is 42.4 Å². The number of aromatic nitrogens is 1. The molecule has 0 bridgehead atoms. The van der Waals surface area contributed by atoms with Crippen LogP contribution in [0.1, 0.15) is 25.5 Å². The highest BCUT2D eigenvalue weighted by Gasteiger charge is 2.31. The number of hydrogen-bond acceptors (Lipinski definition) is 3. The molecule has 0 unspecified atom stereocenters. The van der Waals surface area contributed by atoms with Crippen molar-refractivity contribution in [1.82, 2.24) is 9.88 Å². The summed E-state index contributed by atoms with van der Waals surface area (Å²) in [6.45, 7) is 4.75. The zero-order valence-electron chi connectivity index (χ0n) is 10.3. The number of pyridine rings is 1. The Morgan fingerprint density at radius 3 is 2.94 bits per heavy atom. The molecule has 1 fully saturated rings. The van der Waals surface area contributed by atoms with Crippen LogP contribution < -0.4 is 4.74 Å². The summed E-state index contributed by atoms with van der Waals surface area (Å²) in [7, 11) is 0.